The van der Waals surface area contributed by atoms with Crippen LogP contribution in [0.4, 0.5) is 0 Å². The molecule has 2 fully saturated rings. The van der Waals surface area contributed by atoms with Crippen LogP contribution < -0.4 is 4.74 Å². The van der Waals surface area contributed by atoms with Crippen LogP contribution in [0.5, 0.6) is 5.75 Å². The second kappa shape index (κ2) is 12.6. The van der Waals surface area contributed by atoms with Crippen molar-refractivity contribution in [2.24, 2.45) is 29.6 Å². The van der Waals surface area contributed by atoms with E-state index in [9.17, 15) is 0 Å². The highest BCUT2D eigenvalue weighted by atomic mass is 16.5. The Hall–Kier alpha value is -1.76. The van der Waals surface area contributed by atoms with E-state index in [0.29, 0.717) is 11.8 Å². The third-order valence-corrected chi connectivity index (χ3v) is 8.62. The van der Waals surface area contributed by atoms with Crippen molar-refractivity contribution in [2.75, 3.05) is 6.61 Å². The van der Waals surface area contributed by atoms with Crippen LogP contribution in [-0.4, -0.2) is 6.61 Å². The zero-order valence-electron chi connectivity index (χ0n) is 21.0. The molecule has 0 heterocycles. The van der Waals surface area contributed by atoms with Crippen LogP contribution in [-0.2, 0) is 0 Å². The molecular formula is C32H46O. The Bertz CT molecular complexity index is 756. The van der Waals surface area contributed by atoms with Crippen LogP contribution in [0.2, 0.25) is 0 Å². The number of rotatable bonds is 9. The van der Waals surface area contributed by atoms with E-state index in [4.69, 9.17) is 4.74 Å². The standard InChI is InChI=1S/C32H46O/c1-3-5-26-6-8-27(9-7-26)10-11-28-12-14-29(15-13-28)24-33-32-22-20-31(21-23-32)30-18-16-25(4-2)17-19-30/h4,6,8,10-11,20-23,25-30H,2-3,5,7,9,12-19,24H2,1H3/b11-10+. The molecule has 2 atom stereocenters. The maximum atomic E-state index is 6.20. The van der Waals surface area contributed by atoms with Crippen LogP contribution >= 0.6 is 0 Å². The highest BCUT2D eigenvalue weighted by Crippen LogP contribution is 2.37. The van der Waals surface area contributed by atoms with Gasteiger partial charge in [-0.1, -0.05) is 55.9 Å². The molecule has 3 aliphatic rings. The van der Waals surface area contributed by atoms with Gasteiger partial charge in [-0.2, -0.15) is 0 Å². The zero-order valence-corrected chi connectivity index (χ0v) is 21.0. The Morgan fingerprint density at radius 1 is 0.818 bits per heavy atom. The first-order valence-electron chi connectivity index (χ1n) is 14.0. The van der Waals surface area contributed by atoms with Gasteiger partial charge in [0.25, 0.3) is 0 Å². The summed E-state index contributed by atoms with van der Waals surface area (Å²) < 4.78 is 6.20. The molecule has 3 aliphatic carbocycles. The van der Waals surface area contributed by atoms with Gasteiger partial charge in [-0.25, -0.2) is 0 Å². The van der Waals surface area contributed by atoms with Gasteiger partial charge in [-0.3, -0.25) is 0 Å². The van der Waals surface area contributed by atoms with Crippen molar-refractivity contribution >= 4 is 0 Å². The molecule has 0 aromatic heterocycles. The SMILES string of the molecule is C=CC1CCC(c2ccc(OCC3CCC(/C=C/C4C=CC(CCC)CC4)CC3)cc2)CC1. The molecule has 1 aromatic rings. The molecule has 0 radical (unpaired) electrons. The Morgan fingerprint density at radius 3 is 2.18 bits per heavy atom. The molecule has 1 heteroatoms. The molecule has 33 heavy (non-hydrogen) atoms. The summed E-state index contributed by atoms with van der Waals surface area (Å²) in [5.41, 5.74) is 1.49. The normalized spacial score (nSPS) is 32.6. The van der Waals surface area contributed by atoms with Gasteiger partial charge in [0.1, 0.15) is 5.75 Å². The van der Waals surface area contributed by atoms with Crippen molar-refractivity contribution in [2.45, 2.75) is 89.9 Å². The molecule has 4 rings (SSSR count). The molecule has 1 aromatic carbocycles. The molecule has 1 nitrogen and oxygen atoms in total. The van der Waals surface area contributed by atoms with Crippen molar-refractivity contribution in [3.05, 3.63) is 66.8 Å². The Kier molecular flexibility index (Phi) is 9.33. The van der Waals surface area contributed by atoms with E-state index in [1.165, 1.54) is 82.6 Å². The van der Waals surface area contributed by atoms with Gasteiger partial charge in [-0.05, 0) is 124 Å². The second-order valence-electron chi connectivity index (χ2n) is 11.1. The van der Waals surface area contributed by atoms with Gasteiger partial charge < -0.3 is 4.74 Å². The molecule has 0 aliphatic heterocycles. The minimum absolute atomic E-state index is 0.680. The smallest absolute Gasteiger partial charge is 0.119 e. The summed E-state index contributed by atoms with van der Waals surface area (Å²) in [6.45, 7) is 7.15. The summed E-state index contributed by atoms with van der Waals surface area (Å²) in [6, 6.07) is 9.01. The maximum absolute atomic E-state index is 6.20. The van der Waals surface area contributed by atoms with E-state index in [-0.39, 0.29) is 0 Å². The summed E-state index contributed by atoms with van der Waals surface area (Å²) in [5, 5.41) is 0. The largest absolute Gasteiger partial charge is 0.493 e. The quantitative estimate of drug-likeness (QED) is 0.343. The van der Waals surface area contributed by atoms with Crippen LogP contribution in [0.15, 0.2) is 61.2 Å². The third kappa shape index (κ3) is 7.36. The molecule has 0 spiro atoms. The molecule has 0 saturated heterocycles. The number of hydrogen-bond donors (Lipinski definition) is 0. The monoisotopic (exact) mass is 446 g/mol. The highest BCUT2D eigenvalue weighted by molar-refractivity contribution is 5.29. The van der Waals surface area contributed by atoms with Gasteiger partial charge in [0, 0.05) is 0 Å². The van der Waals surface area contributed by atoms with Gasteiger partial charge in [0.15, 0.2) is 0 Å². The van der Waals surface area contributed by atoms with Crippen LogP contribution in [0.25, 0.3) is 0 Å². The Balaban J connectivity index is 1.14. The van der Waals surface area contributed by atoms with E-state index < -0.39 is 0 Å². The number of benzene rings is 1. The lowest BCUT2D eigenvalue weighted by Crippen LogP contribution is -2.19. The molecule has 2 unspecified atom stereocenters. The van der Waals surface area contributed by atoms with E-state index in [2.05, 4.69) is 68.1 Å². The first kappa shape index (κ1) is 24.4. The third-order valence-electron chi connectivity index (χ3n) is 8.62. The van der Waals surface area contributed by atoms with Crippen molar-refractivity contribution < 1.29 is 4.74 Å². The van der Waals surface area contributed by atoms with Crippen molar-refractivity contribution in [1.82, 2.24) is 0 Å². The minimum Gasteiger partial charge on any atom is -0.493 e. The minimum atomic E-state index is 0.680. The molecule has 0 amide bonds. The average molecular weight is 447 g/mol. The summed E-state index contributed by atoms with van der Waals surface area (Å²) in [5.74, 6) is 5.51. The molecule has 2 saturated carbocycles. The molecule has 0 N–H and O–H groups in total. The van der Waals surface area contributed by atoms with Crippen LogP contribution in [0.1, 0.15) is 95.5 Å². The van der Waals surface area contributed by atoms with Gasteiger partial charge in [0.2, 0.25) is 0 Å². The molecular weight excluding hydrogens is 400 g/mol. The lowest BCUT2D eigenvalue weighted by atomic mass is 9.79. The lowest BCUT2D eigenvalue weighted by Gasteiger charge is -2.28. The lowest BCUT2D eigenvalue weighted by molar-refractivity contribution is 0.194. The van der Waals surface area contributed by atoms with E-state index in [0.717, 1.165) is 36.0 Å². The first-order chi connectivity index (χ1) is 16.2. The summed E-state index contributed by atoms with van der Waals surface area (Å²) in [6.07, 6.45) is 28.0. The topological polar surface area (TPSA) is 9.23 Å². The Labute approximate surface area is 203 Å². The first-order valence-corrected chi connectivity index (χ1v) is 14.0. The second-order valence-corrected chi connectivity index (χ2v) is 11.1. The van der Waals surface area contributed by atoms with Gasteiger partial charge >= 0.3 is 0 Å². The van der Waals surface area contributed by atoms with Crippen LogP contribution in [0, 0.1) is 29.6 Å². The summed E-state index contributed by atoms with van der Waals surface area (Å²) >= 11 is 0. The highest BCUT2D eigenvalue weighted by Gasteiger charge is 2.22. The summed E-state index contributed by atoms with van der Waals surface area (Å²) in [7, 11) is 0. The fraction of sp³-hybridized carbons (Fsp3) is 0.625. The number of ether oxygens (including phenoxy) is 1. The number of hydrogen-bond acceptors (Lipinski definition) is 1. The van der Waals surface area contributed by atoms with Gasteiger partial charge in [-0.15, -0.1) is 6.58 Å². The predicted molar refractivity (Wildman–Crippen MR) is 142 cm³/mol. The van der Waals surface area contributed by atoms with Gasteiger partial charge in [0.05, 0.1) is 6.61 Å². The predicted octanol–water partition coefficient (Wildman–Crippen LogP) is 9.27. The molecule has 180 valence electrons. The van der Waals surface area contributed by atoms with E-state index in [1.807, 2.05) is 0 Å². The van der Waals surface area contributed by atoms with Crippen LogP contribution in [0.3, 0.4) is 0 Å². The zero-order chi connectivity index (χ0) is 22.9. The van der Waals surface area contributed by atoms with Crippen molar-refractivity contribution in [3.8, 4) is 5.75 Å². The van der Waals surface area contributed by atoms with E-state index in [1.54, 1.807) is 0 Å². The maximum Gasteiger partial charge on any atom is 0.119 e. The fourth-order valence-corrected chi connectivity index (χ4v) is 6.26. The summed E-state index contributed by atoms with van der Waals surface area (Å²) in [4.78, 5) is 0. The fourth-order valence-electron chi connectivity index (χ4n) is 6.26. The number of allylic oxidation sites excluding steroid dienone is 5. The van der Waals surface area contributed by atoms with Crippen molar-refractivity contribution in [1.29, 1.82) is 0 Å². The Morgan fingerprint density at radius 2 is 1.55 bits per heavy atom. The van der Waals surface area contributed by atoms with E-state index >= 15 is 0 Å². The average Bonchev–Trinajstić information content (AvgIpc) is 2.88. The molecule has 0 bridgehead atoms. The van der Waals surface area contributed by atoms with Crippen molar-refractivity contribution in [3.63, 3.8) is 0 Å².